The molecule has 6 nitrogen and oxygen atoms in total. The average Bonchev–Trinajstić information content (AvgIpc) is 2.78. The van der Waals surface area contributed by atoms with Gasteiger partial charge in [0.15, 0.2) is 5.13 Å². The number of thiazole rings is 1. The van der Waals surface area contributed by atoms with E-state index in [2.05, 4.69) is 21.8 Å². The molecule has 116 valence electrons. The lowest BCUT2D eigenvalue weighted by molar-refractivity contribution is 0.0658. The summed E-state index contributed by atoms with van der Waals surface area (Å²) in [6.45, 7) is 3.92. The number of nitrogens with zero attached hydrogens (tertiary/aromatic N) is 4. The van der Waals surface area contributed by atoms with Crippen LogP contribution >= 0.6 is 11.3 Å². The molecule has 21 heavy (non-hydrogen) atoms. The maximum Gasteiger partial charge on any atom is 0.267 e. The van der Waals surface area contributed by atoms with Crippen molar-refractivity contribution in [3.05, 3.63) is 4.88 Å². The Kier molecular flexibility index (Phi) is 4.03. The zero-order valence-corrected chi connectivity index (χ0v) is 13.5. The number of likely N-dealkylation sites (N-methyl/N-ethyl adjacent to an activating group) is 1. The van der Waals surface area contributed by atoms with Crippen LogP contribution in [0.5, 0.6) is 0 Å². The van der Waals surface area contributed by atoms with Crippen molar-refractivity contribution >= 4 is 28.2 Å². The molecular formula is C14H23N5OS. The number of piperazine rings is 1. The normalized spacial score (nSPS) is 20.4. The van der Waals surface area contributed by atoms with Crippen LogP contribution in [0.15, 0.2) is 0 Å². The van der Waals surface area contributed by atoms with E-state index in [0.717, 1.165) is 44.2 Å². The Bertz CT molecular complexity index is 519. The summed E-state index contributed by atoms with van der Waals surface area (Å²) in [6, 6.07) is 0.381. The van der Waals surface area contributed by atoms with Crippen LogP contribution < -0.4 is 10.6 Å². The molecule has 2 N–H and O–H groups in total. The second-order valence-electron chi connectivity index (χ2n) is 6.00. The molecule has 2 heterocycles. The molecule has 0 bridgehead atoms. The predicted octanol–water partition coefficient (Wildman–Crippen LogP) is 1.10. The molecule has 2 fully saturated rings. The van der Waals surface area contributed by atoms with Gasteiger partial charge < -0.3 is 20.4 Å². The highest BCUT2D eigenvalue weighted by molar-refractivity contribution is 7.18. The standard InChI is InChI=1S/C14H23N5OS/c1-17-6-8-19(9-7-17)14-16-12(15)11(21-14)13(20)18(2)10-4-3-5-10/h10H,3-9,15H2,1-2H3. The highest BCUT2D eigenvalue weighted by Gasteiger charge is 2.29. The van der Waals surface area contributed by atoms with Gasteiger partial charge in [-0.2, -0.15) is 0 Å². The molecule has 1 saturated carbocycles. The molecule has 2 aliphatic rings. The fourth-order valence-electron chi connectivity index (χ4n) is 2.71. The fraction of sp³-hybridized carbons (Fsp3) is 0.714. The van der Waals surface area contributed by atoms with Gasteiger partial charge in [0, 0.05) is 39.3 Å². The summed E-state index contributed by atoms with van der Waals surface area (Å²) >= 11 is 1.44. The minimum atomic E-state index is 0.0232. The van der Waals surface area contributed by atoms with Crippen molar-refractivity contribution in [3.8, 4) is 0 Å². The molecule has 0 radical (unpaired) electrons. The van der Waals surface area contributed by atoms with Crippen molar-refractivity contribution in [2.75, 3.05) is 50.9 Å². The summed E-state index contributed by atoms with van der Waals surface area (Å²) in [4.78, 5) is 23.9. The zero-order chi connectivity index (χ0) is 15.0. The second kappa shape index (κ2) is 5.81. The molecule has 1 aliphatic carbocycles. The summed E-state index contributed by atoms with van der Waals surface area (Å²) in [5, 5.41) is 0.881. The second-order valence-corrected chi connectivity index (χ2v) is 6.98. The number of amides is 1. The Morgan fingerprint density at radius 1 is 1.33 bits per heavy atom. The van der Waals surface area contributed by atoms with Crippen molar-refractivity contribution in [3.63, 3.8) is 0 Å². The number of anilines is 2. The number of nitrogens with two attached hydrogens (primary N) is 1. The Balaban J connectivity index is 1.73. The zero-order valence-electron chi connectivity index (χ0n) is 12.7. The molecule has 7 heteroatoms. The van der Waals surface area contributed by atoms with Gasteiger partial charge in [0.05, 0.1) is 0 Å². The topological polar surface area (TPSA) is 65.7 Å². The first-order valence-corrected chi connectivity index (χ1v) is 8.35. The summed E-state index contributed by atoms with van der Waals surface area (Å²) in [5.74, 6) is 0.403. The van der Waals surface area contributed by atoms with E-state index in [-0.39, 0.29) is 5.91 Å². The molecule has 1 saturated heterocycles. The van der Waals surface area contributed by atoms with E-state index >= 15 is 0 Å². The number of hydrogen-bond donors (Lipinski definition) is 1. The third-order valence-corrected chi connectivity index (χ3v) is 5.67. The van der Waals surface area contributed by atoms with Gasteiger partial charge in [-0.25, -0.2) is 4.98 Å². The maximum atomic E-state index is 12.5. The number of carbonyl (C=O) groups excluding carboxylic acids is 1. The van der Waals surface area contributed by atoms with Crippen LogP contribution in [0.1, 0.15) is 28.9 Å². The van der Waals surface area contributed by atoms with Gasteiger partial charge in [0.1, 0.15) is 10.7 Å². The first-order valence-electron chi connectivity index (χ1n) is 7.53. The lowest BCUT2D eigenvalue weighted by atomic mass is 9.92. The van der Waals surface area contributed by atoms with Crippen molar-refractivity contribution in [1.82, 2.24) is 14.8 Å². The van der Waals surface area contributed by atoms with Crippen LogP contribution in [0.3, 0.4) is 0 Å². The summed E-state index contributed by atoms with van der Waals surface area (Å²) in [7, 11) is 4.00. The minimum absolute atomic E-state index is 0.0232. The Labute approximate surface area is 129 Å². The van der Waals surface area contributed by atoms with Crippen LogP contribution in [0.25, 0.3) is 0 Å². The average molecular weight is 309 g/mol. The largest absolute Gasteiger partial charge is 0.382 e. The van der Waals surface area contributed by atoms with Gasteiger partial charge in [-0.1, -0.05) is 11.3 Å². The van der Waals surface area contributed by atoms with Crippen LogP contribution in [0, 0.1) is 0 Å². The van der Waals surface area contributed by atoms with E-state index in [9.17, 15) is 4.79 Å². The van der Waals surface area contributed by atoms with Crippen molar-refractivity contribution in [2.24, 2.45) is 0 Å². The van der Waals surface area contributed by atoms with E-state index in [1.807, 2.05) is 11.9 Å². The molecule has 3 rings (SSSR count). The van der Waals surface area contributed by atoms with Crippen LogP contribution in [-0.2, 0) is 0 Å². The third kappa shape index (κ3) is 2.85. The van der Waals surface area contributed by atoms with Crippen LogP contribution in [0.2, 0.25) is 0 Å². The van der Waals surface area contributed by atoms with Gasteiger partial charge in [0.2, 0.25) is 0 Å². The van der Waals surface area contributed by atoms with Gasteiger partial charge >= 0.3 is 0 Å². The van der Waals surface area contributed by atoms with E-state index in [1.165, 1.54) is 17.8 Å². The van der Waals surface area contributed by atoms with Crippen molar-refractivity contribution < 1.29 is 4.79 Å². The lowest BCUT2D eigenvalue weighted by Crippen LogP contribution is -2.44. The van der Waals surface area contributed by atoms with E-state index in [4.69, 9.17) is 5.73 Å². The molecule has 0 unspecified atom stereocenters. The number of rotatable bonds is 3. The Morgan fingerprint density at radius 3 is 2.57 bits per heavy atom. The van der Waals surface area contributed by atoms with E-state index < -0.39 is 0 Å². The molecule has 1 amide bonds. The van der Waals surface area contributed by atoms with Crippen LogP contribution in [0.4, 0.5) is 10.9 Å². The van der Waals surface area contributed by atoms with Gasteiger partial charge in [0.25, 0.3) is 5.91 Å². The SMILES string of the molecule is CN1CCN(c2nc(N)c(C(=O)N(C)C3CCC3)s2)CC1. The fourth-order valence-corrected chi connectivity index (χ4v) is 3.73. The maximum absolute atomic E-state index is 12.5. The van der Waals surface area contributed by atoms with Crippen molar-refractivity contribution in [1.29, 1.82) is 0 Å². The highest BCUT2D eigenvalue weighted by atomic mass is 32.1. The number of carbonyl (C=O) groups is 1. The number of aromatic nitrogens is 1. The summed E-state index contributed by atoms with van der Waals surface area (Å²) in [6.07, 6.45) is 3.42. The van der Waals surface area contributed by atoms with Gasteiger partial charge in [-0.15, -0.1) is 0 Å². The molecule has 1 aromatic heterocycles. The molecule has 1 aromatic rings. The molecular weight excluding hydrogens is 286 g/mol. The third-order valence-electron chi connectivity index (χ3n) is 4.55. The monoisotopic (exact) mass is 309 g/mol. The van der Waals surface area contributed by atoms with E-state index in [1.54, 1.807) is 0 Å². The highest BCUT2D eigenvalue weighted by Crippen LogP contribution is 2.32. The Hall–Kier alpha value is -1.34. The smallest absolute Gasteiger partial charge is 0.267 e. The molecule has 0 atom stereocenters. The van der Waals surface area contributed by atoms with E-state index in [0.29, 0.717) is 16.7 Å². The minimum Gasteiger partial charge on any atom is -0.382 e. The van der Waals surface area contributed by atoms with Gasteiger partial charge in [-0.05, 0) is 26.3 Å². The molecule has 0 spiro atoms. The number of hydrogen-bond acceptors (Lipinski definition) is 6. The van der Waals surface area contributed by atoms with Crippen LogP contribution in [-0.4, -0.2) is 67.0 Å². The summed E-state index contributed by atoms with van der Waals surface area (Å²) in [5.41, 5.74) is 5.99. The lowest BCUT2D eigenvalue weighted by Gasteiger charge is -2.34. The Morgan fingerprint density at radius 2 is 2.00 bits per heavy atom. The number of nitrogen functional groups attached to an aromatic ring is 1. The quantitative estimate of drug-likeness (QED) is 0.906. The van der Waals surface area contributed by atoms with Crippen molar-refractivity contribution in [2.45, 2.75) is 25.3 Å². The first kappa shape index (κ1) is 14.6. The molecule has 0 aromatic carbocycles. The summed E-state index contributed by atoms with van der Waals surface area (Å²) < 4.78 is 0. The van der Waals surface area contributed by atoms with Gasteiger partial charge in [-0.3, -0.25) is 4.79 Å². The predicted molar refractivity (Wildman–Crippen MR) is 86.0 cm³/mol. The first-order chi connectivity index (χ1) is 10.1. The molecule has 1 aliphatic heterocycles.